The molecule has 1 aromatic heterocycles. The van der Waals surface area contributed by atoms with E-state index in [0.717, 1.165) is 51.4 Å². The van der Waals surface area contributed by atoms with Gasteiger partial charge in [0, 0.05) is 39.3 Å². The first-order valence-electron chi connectivity index (χ1n) is 7.25. The van der Waals surface area contributed by atoms with Crippen molar-refractivity contribution in [2.45, 2.75) is 33.4 Å². The number of aromatic nitrogens is 2. The molecule has 110 valence electrons. The standard InChI is InChI=1S/C14H22BrN5/c1-3-12-14(15)13(20(4-2)17-12)11-19-9-7-18(6-5-16)8-10-19/h3-4,6-11H2,1-2H3. The van der Waals surface area contributed by atoms with Gasteiger partial charge in [-0.1, -0.05) is 6.92 Å². The fourth-order valence-electron chi connectivity index (χ4n) is 2.59. The van der Waals surface area contributed by atoms with Gasteiger partial charge in [-0.25, -0.2) is 0 Å². The largest absolute Gasteiger partial charge is 0.295 e. The first-order chi connectivity index (χ1) is 9.69. The van der Waals surface area contributed by atoms with E-state index in [9.17, 15) is 0 Å². The molecule has 2 heterocycles. The van der Waals surface area contributed by atoms with Crippen molar-refractivity contribution >= 4 is 15.9 Å². The van der Waals surface area contributed by atoms with Crippen molar-refractivity contribution in [1.82, 2.24) is 19.6 Å². The Labute approximate surface area is 129 Å². The highest BCUT2D eigenvalue weighted by atomic mass is 79.9. The monoisotopic (exact) mass is 339 g/mol. The Morgan fingerprint density at radius 3 is 2.40 bits per heavy atom. The number of hydrogen-bond acceptors (Lipinski definition) is 4. The van der Waals surface area contributed by atoms with Gasteiger partial charge >= 0.3 is 0 Å². The van der Waals surface area contributed by atoms with Gasteiger partial charge in [-0.2, -0.15) is 10.4 Å². The van der Waals surface area contributed by atoms with Gasteiger partial charge in [0.25, 0.3) is 0 Å². The maximum Gasteiger partial charge on any atom is 0.0866 e. The molecule has 5 nitrogen and oxygen atoms in total. The van der Waals surface area contributed by atoms with E-state index in [1.165, 1.54) is 10.2 Å². The predicted octanol–water partition coefficient (Wildman–Crippen LogP) is 1.87. The van der Waals surface area contributed by atoms with Crippen LogP contribution >= 0.6 is 15.9 Å². The number of piperazine rings is 1. The van der Waals surface area contributed by atoms with E-state index in [1.807, 2.05) is 0 Å². The summed E-state index contributed by atoms with van der Waals surface area (Å²) in [5.41, 5.74) is 2.42. The summed E-state index contributed by atoms with van der Waals surface area (Å²) in [7, 11) is 0. The van der Waals surface area contributed by atoms with Gasteiger partial charge in [0.2, 0.25) is 0 Å². The maximum atomic E-state index is 8.73. The SMILES string of the molecule is CCc1nn(CC)c(CN2CCN(CC#N)CC2)c1Br. The van der Waals surface area contributed by atoms with Gasteiger partial charge in [0.05, 0.1) is 28.5 Å². The molecular weight excluding hydrogens is 318 g/mol. The van der Waals surface area contributed by atoms with E-state index >= 15 is 0 Å². The highest BCUT2D eigenvalue weighted by Gasteiger charge is 2.20. The summed E-state index contributed by atoms with van der Waals surface area (Å²) in [5, 5.41) is 13.4. The van der Waals surface area contributed by atoms with E-state index in [0.29, 0.717) is 6.54 Å². The topological polar surface area (TPSA) is 48.1 Å². The van der Waals surface area contributed by atoms with Crippen molar-refractivity contribution in [1.29, 1.82) is 5.26 Å². The van der Waals surface area contributed by atoms with Crippen LogP contribution in [-0.4, -0.2) is 52.3 Å². The van der Waals surface area contributed by atoms with Crippen molar-refractivity contribution in [3.8, 4) is 6.07 Å². The zero-order valence-electron chi connectivity index (χ0n) is 12.3. The van der Waals surface area contributed by atoms with Crippen LogP contribution in [0.4, 0.5) is 0 Å². The molecule has 0 unspecified atom stereocenters. The third-order valence-electron chi connectivity index (χ3n) is 3.83. The molecule has 0 aliphatic carbocycles. The highest BCUT2D eigenvalue weighted by molar-refractivity contribution is 9.10. The first-order valence-corrected chi connectivity index (χ1v) is 8.04. The second-order valence-corrected chi connectivity index (χ2v) is 5.88. The predicted molar refractivity (Wildman–Crippen MR) is 82.3 cm³/mol. The van der Waals surface area contributed by atoms with E-state index in [1.54, 1.807) is 0 Å². The lowest BCUT2D eigenvalue weighted by molar-refractivity contribution is 0.135. The summed E-state index contributed by atoms with van der Waals surface area (Å²) in [4.78, 5) is 4.65. The second-order valence-electron chi connectivity index (χ2n) is 5.09. The molecule has 0 spiro atoms. The zero-order valence-corrected chi connectivity index (χ0v) is 13.9. The average molecular weight is 340 g/mol. The molecule has 0 bridgehead atoms. The molecule has 1 aliphatic heterocycles. The summed E-state index contributed by atoms with van der Waals surface area (Å²) >= 11 is 3.70. The molecule has 0 aromatic carbocycles. The number of rotatable bonds is 5. The first kappa shape index (κ1) is 15.5. The Hall–Kier alpha value is -0.900. The zero-order chi connectivity index (χ0) is 14.5. The van der Waals surface area contributed by atoms with E-state index in [-0.39, 0.29) is 0 Å². The summed E-state index contributed by atoms with van der Waals surface area (Å²) in [6.07, 6.45) is 0.955. The van der Waals surface area contributed by atoms with Crippen molar-refractivity contribution in [3.63, 3.8) is 0 Å². The van der Waals surface area contributed by atoms with Gasteiger partial charge in [-0.05, 0) is 29.3 Å². The minimum absolute atomic E-state index is 0.546. The molecule has 1 aliphatic rings. The van der Waals surface area contributed by atoms with Crippen molar-refractivity contribution in [2.24, 2.45) is 0 Å². The fraction of sp³-hybridized carbons (Fsp3) is 0.714. The molecule has 1 fully saturated rings. The molecule has 6 heteroatoms. The van der Waals surface area contributed by atoms with Gasteiger partial charge in [-0.15, -0.1) is 0 Å². The van der Waals surface area contributed by atoms with Crippen LogP contribution in [-0.2, 0) is 19.5 Å². The van der Waals surface area contributed by atoms with Crippen LogP contribution in [0.15, 0.2) is 4.47 Å². The van der Waals surface area contributed by atoms with Crippen LogP contribution in [0.3, 0.4) is 0 Å². The lowest BCUT2D eigenvalue weighted by atomic mass is 10.2. The number of nitrogens with zero attached hydrogens (tertiary/aromatic N) is 5. The number of nitriles is 1. The van der Waals surface area contributed by atoms with E-state index < -0.39 is 0 Å². The third-order valence-corrected chi connectivity index (χ3v) is 4.74. The molecule has 0 saturated carbocycles. The van der Waals surface area contributed by atoms with Crippen LogP contribution in [0.5, 0.6) is 0 Å². The quantitative estimate of drug-likeness (QED) is 0.768. The van der Waals surface area contributed by atoms with Gasteiger partial charge in [0.15, 0.2) is 0 Å². The van der Waals surface area contributed by atoms with Gasteiger partial charge in [0.1, 0.15) is 0 Å². The smallest absolute Gasteiger partial charge is 0.0866 e. The van der Waals surface area contributed by atoms with Crippen molar-refractivity contribution in [3.05, 3.63) is 15.9 Å². The van der Waals surface area contributed by atoms with E-state index in [2.05, 4.69) is 55.4 Å². The molecule has 2 rings (SSSR count). The van der Waals surface area contributed by atoms with Crippen LogP contribution in [0.1, 0.15) is 25.2 Å². The minimum atomic E-state index is 0.546. The van der Waals surface area contributed by atoms with Crippen LogP contribution in [0, 0.1) is 11.3 Å². The summed E-state index contributed by atoms with van der Waals surface area (Å²) in [6.45, 7) is 10.6. The molecule has 1 saturated heterocycles. The summed E-state index contributed by atoms with van der Waals surface area (Å²) in [6, 6.07) is 2.23. The number of aryl methyl sites for hydroxylation is 2. The van der Waals surface area contributed by atoms with Crippen LogP contribution in [0.2, 0.25) is 0 Å². The van der Waals surface area contributed by atoms with Gasteiger partial charge < -0.3 is 0 Å². The Morgan fingerprint density at radius 2 is 1.85 bits per heavy atom. The van der Waals surface area contributed by atoms with Gasteiger partial charge in [-0.3, -0.25) is 14.5 Å². The van der Waals surface area contributed by atoms with Crippen LogP contribution < -0.4 is 0 Å². The third kappa shape index (κ3) is 3.40. The lowest BCUT2D eigenvalue weighted by Crippen LogP contribution is -2.46. The lowest BCUT2D eigenvalue weighted by Gasteiger charge is -2.33. The summed E-state index contributed by atoms with van der Waals surface area (Å²) < 4.78 is 3.27. The molecule has 1 aromatic rings. The van der Waals surface area contributed by atoms with Crippen molar-refractivity contribution < 1.29 is 0 Å². The normalized spacial score (nSPS) is 17.3. The molecule has 0 N–H and O–H groups in total. The molecule has 20 heavy (non-hydrogen) atoms. The summed E-state index contributed by atoms with van der Waals surface area (Å²) in [5.74, 6) is 0. The number of halogens is 1. The molecule has 0 radical (unpaired) electrons. The number of hydrogen-bond donors (Lipinski definition) is 0. The van der Waals surface area contributed by atoms with E-state index in [4.69, 9.17) is 5.26 Å². The average Bonchev–Trinajstić information content (AvgIpc) is 2.77. The highest BCUT2D eigenvalue weighted by Crippen LogP contribution is 2.24. The molecular formula is C14H22BrN5. The fourth-order valence-corrected chi connectivity index (χ4v) is 3.28. The van der Waals surface area contributed by atoms with Crippen LogP contribution in [0.25, 0.3) is 0 Å². The molecule has 0 amide bonds. The second kappa shape index (κ2) is 7.21. The Balaban J connectivity index is 2.01. The molecule has 0 atom stereocenters. The van der Waals surface area contributed by atoms with Crippen molar-refractivity contribution in [2.75, 3.05) is 32.7 Å². The Morgan fingerprint density at radius 1 is 1.20 bits per heavy atom. The minimum Gasteiger partial charge on any atom is -0.295 e. The Bertz CT molecular complexity index is 482. The maximum absolute atomic E-state index is 8.73. The Kier molecular flexibility index (Phi) is 5.58.